The SMILES string of the molecule is CCOCCN(CCOCC)C(CC)C(=O)OCC. The Bertz CT molecular complexity index is 213. The van der Waals surface area contributed by atoms with Crippen LogP contribution in [-0.2, 0) is 19.0 Å². The summed E-state index contributed by atoms with van der Waals surface area (Å²) in [5.41, 5.74) is 0. The van der Waals surface area contributed by atoms with E-state index in [1.54, 1.807) is 0 Å². The monoisotopic (exact) mass is 275 g/mol. The van der Waals surface area contributed by atoms with Gasteiger partial charge in [-0.3, -0.25) is 9.69 Å². The predicted octanol–water partition coefficient (Wildman–Crippen LogP) is 1.70. The molecule has 0 saturated heterocycles. The lowest BCUT2D eigenvalue weighted by Crippen LogP contribution is -2.45. The van der Waals surface area contributed by atoms with Crippen molar-refractivity contribution < 1.29 is 19.0 Å². The molecule has 0 N–H and O–H groups in total. The van der Waals surface area contributed by atoms with Crippen LogP contribution >= 0.6 is 0 Å². The van der Waals surface area contributed by atoms with Gasteiger partial charge in [-0.15, -0.1) is 0 Å². The number of carbonyl (C=O) groups is 1. The van der Waals surface area contributed by atoms with Crippen molar-refractivity contribution in [2.24, 2.45) is 0 Å². The predicted molar refractivity (Wildman–Crippen MR) is 75.3 cm³/mol. The van der Waals surface area contributed by atoms with Crippen molar-refractivity contribution >= 4 is 5.97 Å². The lowest BCUT2D eigenvalue weighted by atomic mass is 10.2. The van der Waals surface area contributed by atoms with Gasteiger partial charge in [-0.05, 0) is 27.2 Å². The van der Waals surface area contributed by atoms with E-state index >= 15 is 0 Å². The minimum atomic E-state index is -0.208. The van der Waals surface area contributed by atoms with Gasteiger partial charge in [0, 0.05) is 26.3 Å². The zero-order chi connectivity index (χ0) is 14.5. The van der Waals surface area contributed by atoms with Crippen LogP contribution in [0.5, 0.6) is 0 Å². The molecule has 0 aliphatic carbocycles. The highest BCUT2D eigenvalue weighted by molar-refractivity contribution is 5.75. The molecule has 0 aromatic heterocycles. The second-order valence-corrected chi connectivity index (χ2v) is 4.11. The average molecular weight is 275 g/mol. The van der Waals surface area contributed by atoms with Gasteiger partial charge in [0.05, 0.1) is 19.8 Å². The number of hydrogen-bond acceptors (Lipinski definition) is 5. The van der Waals surface area contributed by atoms with Gasteiger partial charge in [-0.1, -0.05) is 6.92 Å². The summed E-state index contributed by atoms with van der Waals surface area (Å²) in [4.78, 5) is 14.0. The summed E-state index contributed by atoms with van der Waals surface area (Å²) in [6, 6.07) is -0.208. The second-order valence-electron chi connectivity index (χ2n) is 4.11. The minimum absolute atomic E-state index is 0.155. The third-order valence-electron chi connectivity index (χ3n) is 2.84. The normalized spacial score (nSPS) is 12.7. The van der Waals surface area contributed by atoms with Crippen molar-refractivity contribution in [1.82, 2.24) is 4.90 Å². The lowest BCUT2D eigenvalue weighted by Gasteiger charge is -2.29. The number of esters is 1. The van der Waals surface area contributed by atoms with Crippen LogP contribution < -0.4 is 0 Å². The van der Waals surface area contributed by atoms with E-state index in [0.29, 0.717) is 33.0 Å². The van der Waals surface area contributed by atoms with Crippen LogP contribution in [0, 0.1) is 0 Å². The van der Waals surface area contributed by atoms with E-state index in [-0.39, 0.29) is 12.0 Å². The first-order valence-electron chi connectivity index (χ1n) is 7.27. The summed E-state index contributed by atoms with van der Waals surface area (Å²) in [6.07, 6.45) is 0.733. The van der Waals surface area contributed by atoms with Crippen LogP contribution in [0.15, 0.2) is 0 Å². The molecule has 19 heavy (non-hydrogen) atoms. The van der Waals surface area contributed by atoms with Crippen LogP contribution in [-0.4, -0.2) is 63.0 Å². The molecule has 0 aliphatic rings. The smallest absolute Gasteiger partial charge is 0.323 e. The van der Waals surface area contributed by atoms with Crippen molar-refractivity contribution in [2.45, 2.75) is 40.2 Å². The first-order valence-corrected chi connectivity index (χ1v) is 7.27. The Kier molecular flexibility index (Phi) is 12.0. The molecular weight excluding hydrogens is 246 g/mol. The topological polar surface area (TPSA) is 48.0 Å². The fourth-order valence-electron chi connectivity index (χ4n) is 1.89. The Morgan fingerprint density at radius 1 is 0.947 bits per heavy atom. The zero-order valence-corrected chi connectivity index (χ0v) is 12.8. The number of carbonyl (C=O) groups excluding carboxylic acids is 1. The quantitative estimate of drug-likeness (QED) is 0.401. The highest BCUT2D eigenvalue weighted by Crippen LogP contribution is 2.07. The standard InChI is InChI=1S/C14H29NO4/c1-5-13(14(16)19-8-4)15(9-11-17-6-2)10-12-18-7-3/h13H,5-12H2,1-4H3. The van der Waals surface area contributed by atoms with Crippen molar-refractivity contribution in [3.8, 4) is 0 Å². The highest BCUT2D eigenvalue weighted by atomic mass is 16.5. The van der Waals surface area contributed by atoms with E-state index in [9.17, 15) is 4.79 Å². The van der Waals surface area contributed by atoms with Gasteiger partial charge in [0.2, 0.25) is 0 Å². The molecule has 0 spiro atoms. The fourth-order valence-corrected chi connectivity index (χ4v) is 1.89. The molecule has 5 nitrogen and oxygen atoms in total. The van der Waals surface area contributed by atoms with Crippen LogP contribution in [0.4, 0.5) is 0 Å². The molecule has 0 heterocycles. The maximum atomic E-state index is 11.9. The summed E-state index contributed by atoms with van der Waals surface area (Å²) in [5.74, 6) is -0.155. The number of ether oxygens (including phenoxy) is 3. The van der Waals surface area contributed by atoms with Gasteiger partial charge in [-0.25, -0.2) is 0 Å². The lowest BCUT2D eigenvalue weighted by molar-refractivity contribution is -0.150. The molecule has 0 bridgehead atoms. The zero-order valence-electron chi connectivity index (χ0n) is 12.8. The van der Waals surface area contributed by atoms with Crippen molar-refractivity contribution in [3.05, 3.63) is 0 Å². The van der Waals surface area contributed by atoms with Crippen molar-refractivity contribution in [1.29, 1.82) is 0 Å². The van der Waals surface area contributed by atoms with E-state index in [1.165, 1.54) is 0 Å². The summed E-state index contributed by atoms with van der Waals surface area (Å²) in [7, 11) is 0. The average Bonchev–Trinajstić information content (AvgIpc) is 2.40. The van der Waals surface area contributed by atoms with E-state index in [2.05, 4.69) is 4.90 Å². The van der Waals surface area contributed by atoms with Crippen molar-refractivity contribution in [2.75, 3.05) is 46.1 Å². The summed E-state index contributed by atoms with van der Waals surface area (Å²) >= 11 is 0. The van der Waals surface area contributed by atoms with Gasteiger partial charge < -0.3 is 14.2 Å². The van der Waals surface area contributed by atoms with Crippen molar-refractivity contribution in [3.63, 3.8) is 0 Å². The minimum Gasteiger partial charge on any atom is -0.465 e. The fraction of sp³-hybridized carbons (Fsp3) is 0.929. The summed E-state index contributed by atoms with van der Waals surface area (Å²) in [6.45, 7) is 12.2. The van der Waals surface area contributed by atoms with E-state index < -0.39 is 0 Å². The van der Waals surface area contributed by atoms with Crippen LogP contribution in [0.1, 0.15) is 34.1 Å². The van der Waals surface area contributed by atoms with E-state index in [0.717, 1.165) is 19.5 Å². The molecule has 0 fully saturated rings. The Labute approximate surface area is 117 Å². The van der Waals surface area contributed by atoms with E-state index in [4.69, 9.17) is 14.2 Å². The Morgan fingerprint density at radius 2 is 1.47 bits per heavy atom. The maximum absolute atomic E-state index is 11.9. The molecule has 0 saturated carbocycles. The Balaban J connectivity index is 4.41. The molecule has 5 heteroatoms. The first kappa shape index (κ1) is 18.4. The molecule has 0 rings (SSSR count). The molecule has 0 radical (unpaired) electrons. The summed E-state index contributed by atoms with van der Waals surface area (Å²) < 4.78 is 15.9. The Hall–Kier alpha value is -0.650. The largest absolute Gasteiger partial charge is 0.465 e. The number of nitrogens with zero attached hydrogens (tertiary/aromatic N) is 1. The molecule has 1 unspecified atom stereocenters. The molecule has 0 aromatic rings. The van der Waals surface area contributed by atoms with Crippen LogP contribution in [0.25, 0.3) is 0 Å². The first-order chi connectivity index (χ1) is 9.21. The summed E-state index contributed by atoms with van der Waals surface area (Å²) in [5, 5.41) is 0. The molecule has 1 atom stereocenters. The molecule has 0 aromatic carbocycles. The van der Waals surface area contributed by atoms with E-state index in [1.807, 2.05) is 27.7 Å². The second kappa shape index (κ2) is 12.4. The third-order valence-corrected chi connectivity index (χ3v) is 2.84. The molecule has 0 amide bonds. The Morgan fingerprint density at radius 3 is 1.84 bits per heavy atom. The molecular formula is C14H29NO4. The van der Waals surface area contributed by atoms with Gasteiger partial charge in [0.25, 0.3) is 0 Å². The maximum Gasteiger partial charge on any atom is 0.323 e. The van der Waals surface area contributed by atoms with Gasteiger partial charge >= 0.3 is 5.97 Å². The van der Waals surface area contributed by atoms with Gasteiger partial charge in [-0.2, -0.15) is 0 Å². The van der Waals surface area contributed by atoms with Crippen LogP contribution in [0.3, 0.4) is 0 Å². The van der Waals surface area contributed by atoms with Gasteiger partial charge in [0.15, 0.2) is 0 Å². The number of rotatable bonds is 12. The third kappa shape index (κ3) is 8.18. The highest BCUT2D eigenvalue weighted by Gasteiger charge is 2.24. The van der Waals surface area contributed by atoms with Crippen LogP contribution in [0.2, 0.25) is 0 Å². The molecule has 114 valence electrons. The van der Waals surface area contributed by atoms with Gasteiger partial charge in [0.1, 0.15) is 6.04 Å². The molecule has 0 aliphatic heterocycles. The number of hydrogen-bond donors (Lipinski definition) is 0.